The first-order chi connectivity index (χ1) is 11.1. The summed E-state index contributed by atoms with van der Waals surface area (Å²) in [5, 5.41) is 3.98. The second-order valence-corrected chi connectivity index (χ2v) is 6.05. The Hall–Kier alpha value is -2.04. The second-order valence-electron chi connectivity index (χ2n) is 5.21. The van der Waals surface area contributed by atoms with Gasteiger partial charge >= 0.3 is 0 Å². The van der Waals surface area contributed by atoms with Crippen molar-refractivity contribution in [1.82, 2.24) is 14.9 Å². The molecule has 1 heterocycles. The second kappa shape index (κ2) is 6.60. The maximum atomic E-state index is 12.1. The quantitative estimate of drug-likeness (QED) is 0.778. The van der Waals surface area contributed by atoms with Crippen LogP contribution in [0.15, 0.2) is 42.5 Å². The molecular formula is C17H15Cl2N3O. The molecule has 0 saturated carbocycles. The van der Waals surface area contributed by atoms with Gasteiger partial charge in [-0.2, -0.15) is 0 Å². The Labute approximate surface area is 144 Å². The molecule has 1 aromatic heterocycles. The maximum Gasteiger partial charge on any atom is 0.252 e. The zero-order chi connectivity index (χ0) is 16.4. The van der Waals surface area contributed by atoms with Gasteiger partial charge in [-0.1, -0.05) is 35.3 Å². The van der Waals surface area contributed by atoms with Crippen LogP contribution in [0.3, 0.4) is 0 Å². The Balaban J connectivity index is 1.68. The summed E-state index contributed by atoms with van der Waals surface area (Å²) < 4.78 is 2.01. The number of aromatic nitrogens is 2. The van der Waals surface area contributed by atoms with E-state index in [4.69, 9.17) is 23.2 Å². The van der Waals surface area contributed by atoms with Gasteiger partial charge in [-0.15, -0.1) is 0 Å². The normalized spacial score (nSPS) is 10.9. The van der Waals surface area contributed by atoms with Crippen LogP contribution < -0.4 is 5.32 Å². The van der Waals surface area contributed by atoms with Gasteiger partial charge in [-0.05, 0) is 30.3 Å². The van der Waals surface area contributed by atoms with Gasteiger partial charge < -0.3 is 9.88 Å². The monoisotopic (exact) mass is 347 g/mol. The molecule has 6 heteroatoms. The molecule has 1 N–H and O–H groups in total. The van der Waals surface area contributed by atoms with Crippen molar-refractivity contribution in [2.75, 3.05) is 6.54 Å². The van der Waals surface area contributed by atoms with Crippen LogP contribution in [-0.2, 0) is 13.5 Å². The van der Waals surface area contributed by atoms with E-state index in [9.17, 15) is 4.79 Å². The van der Waals surface area contributed by atoms with Gasteiger partial charge in [0, 0.05) is 25.0 Å². The van der Waals surface area contributed by atoms with E-state index >= 15 is 0 Å². The largest absolute Gasteiger partial charge is 0.352 e. The Morgan fingerprint density at radius 1 is 1.22 bits per heavy atom. The molecule has 23 heavy (non-hydrogen) atoms. The molecule has 118 valence electrons. The number of amides is 1. The molecule has 3 aromatic rings. The molecule has 0 bridgehead atoms. The van der Waals surface area contributed by atoms with Gasteiger partial charge in [0.25, 0.3) is 5.91 Å². The van der Waals surface area contributed by atoms with Crippen molar-refractivity contribution >= 4 is 40.1 Å². The highest BCUT2D eigenvalue weighted by Crippen LogP contribution is 2.20. The average Bonchev–Trinajstić information content (AvgIpc) is 2.83. The molecule has 0 spiro atoms. The number of nitrogens with one attached hydrogen (secondary N) is 1. The van der Waals surface area contributed by atoms with E-state index in [-0.39, 0.29) is 5.91 Å². The molecule has 0 atom stereocenters. The number of aryl methyl sites for hydroxylation is 1. The van der Waals surface area contributed by atoms with E-state index in [2.05, 4.69) is 10.3 Å². The molecule has 0 radical (unpaired) electrons. The number of benzene rings is 2. The van der Waals surface area contributed by atoms with Crippen molar-refractivity contribution in [2.45, 2.75) is 6.42 Å². The lowest BCUT2D eigenvalue weighted by Crippen LogP contribution is -2.26. The summed E-state index contributed by atoms with van der Waals surface area (Å²) >= 11 is 12.0. The van der Waals surface area contributed by atoms with Crippen LogP contribution in [0.25, 0.3) is 11.0 Å². The molecule has 1 amide bonds. The number of nitrogens with zero attached hydrogens (tertiary/aromatic N) is 2. The lowest BCUT2D eigenvalue weighted by atomic mass is 10.2. The van der Waals surface area contributed by atoms with E-state index in [1.54, 1.807) is 24.3 Å². The van der Waals surface area contributed by atoms with E-state index in [1.807, 2.05) is 29.8 Å². The van der Waals surface area contributed by atoms with Gasteiger partial charge in [0.05, 0.1) is 21.6 Å². The number of rotatable bonds is 4. The minimum Gasteiger partial charge on any atom is -0.352 e. The molecule has 0 aliphatic carbocycles. The van der Waals surface area contributed by atoms with E-state index in [1.165, 1.54) is 0 Å². The van der Waals surface area contributed by atoms with Gasteiger partial charge in [0.1, 0.15) is 5.82 Å². The summed E-state index contributed by atoms with van der Waals surface area (Å²) in [6, 6.07) is 12.6. The van der Waals surface area contributed by atoms with Gasteiger partial charge in [-0.25, -0.2) is 4.98 Å². The first kappa shape index (κ1) is 15.8. The van der Waals surface area contributed by atoms with Crippen molar-refractivity contribution in [3.8, 4) is 0 Å². The van der Waals surface area contributed by atoms with Crippen LogP contribution in [-0.4, -0.2) is 22.0 Å². The highest BCUT2D eigenvalue weighted by Gasteiger charge is 2.11. The minimum absolute atomic E-state index is 0.183. The summed E-state index contributed by atoms with van der Waals surface area (Å²) in [4.78, 5) is 16.7. The molecule has 3 rings (SSSR count). The fourth-order valence-corrected chi connectivity index (χ4v) is 2.86. The zero-order valence-corrected chi connectivity index (χ0v) is 14.0. The third-order valence-electron chi connectivity index (χ3n) is 3.69. The lowest BCUT2D eigenvalue weighted by Gasteiger charge is -2.07. The Morgan fingerprint density at radius 3 is 2.78 bits per heavy atom. The third kappa shape index (κ3) is 3.33. The van der Waals surface area contributed by atoms with Crippen molar-refractivity contribution < 1.29 is 4.79 Å². The number of imidazole rings is 1. The van der Waals surface area contributed by atoms with Crippen molar-refractivity contribution in [2.24, 2.45) is 7.05 Å². The lowest BCUT2D eigenvalue weighted by molar-refractivity contribution is 0.0954. The molecule has 0 saturated heterocycles. The first-order valence-corrected chi connectivity index (χ1v) is 7.95. The van der Waals surface area contributed by atoms with E-state index in [0.29, 0.717) is 28.6 Å². The molecule has 0 aliphatic rings. The predicted octanol–water partition coefficient (Wildman–Crippen LogP) is 3.85. The number of halogens is 2. The summed E-state index contributed by atoms with van der Waals surface area (Å²) in [7, 11) is 1.95. The fourth-order valence-electron chi connectivity index (χ4n) is 2.47. The average molecular weight is 348 g/mol. The summed E-state index contributed by atoms with van der Waals surface area (Å²) in [6.45, 7) is 0.481. The van der Waals surface area contributed by atoms with Gasteiger partial charge in [0.15, 0.2) is 0 Å². The number of carbonyl (C=O) groups excluding carboxylic acids is 1. The fraction of sp³-hybridized carbons (Fsp3) is 0.176. The Kier molecular flexibility index (Phi) is 4.55. The van der Waals surface area contributed by atoms with Gasteiger partial charge in [0.2, 0.25) is 0 Å². The minimum atomic E-state index is -0.183. The SMILES string of the molecule is Cn1c(CCNC(=O)c2ccccc2Cl)nc2cc(Cl)ccc21. The van der Waals surface area contributed by atoms with Crippen molar-refractivity contribution in [1.29, 1.82) is 0 Å². The molecule has 0 unspecified atom stereocenters. The number of hydrogen-bond donors (Lipinski definition) is 1. The Morgan fingerprint density at radius 2 is 2.00 bits per heavy atom. The maximum absolute atomic E-state index is 12.1. The molecule has 2 aromatic carbocycles. The van der Waals surface area contributed by atoms with Crippen molar-refractivity contribution in [3.63, 3.8) is 0 Å². The van der Waals surface area contributed by atoms with Gasteiger partial charge in [-0.3, -0.25) is 4.79 Å². The van der Waals surface area contributed by atoms with Crippen LogP contribution in [0.4, 0.5) is 0 Å². The predicted molar refractivity (Wildman–Crippen MR) is 93.2 cm³/mol. The summed E-state index contributed by atoms with van der Waals surface area (Å²) in [5.41, 5.74) is 2.35. The van der Waals surface area contributed by atoms with Crippen LogP contribution in [0.2, 0.25) is 10.0 Å². The highest BCUT2D eigenvalue weighted by molar-refractivity contribution is 6.33. The third-order valence-corrected chi connectivity index (χ3v) is 4.25. The number of carbonyl (C=O) groups is 1. The molecular weight excluding hydrogens is 333 g/mol. The first-order valence-electron chi connectivity index (χ1n) is 7.20. The molecule has 0 aliphatic heterocycles. The van der Waals surface area contributed by atoms with E-state index in [0.717, 1.165) is 16.9 Å². The summed E-state index contributed by atoms with van der Waals surface area (Å²) in [5.74, 6) is 0.708. The van der Waals surface area contributed by atoms with Crippen LogP contribution in [0.1, 0.15) is 16.2 Å². The zero-order valence-electron chi connectivity index (χ0n) is 12.5. The van der Waals surface area contributed by atoms with Crippen molar-refractivity contribution in [3.05, 3.63) is 63.9 Å². The number of hydrogen-bond acceptors (Lipinski definition) is 2. The number of fused-ring (bicyclic) bond motifs is 1. The van der Waals surface area contributed by atoms with E-state index < -0.39 is 0 Å². The Bertz CT molecular complexity index is 873. The van der Waals surface area contributed by atoms with Crippen LogP contribution in [0, 0.1) is 0 Å². The smallest absolute Gasteiger partial charge is 0.252 e. The highest BCUT2D eigenvalue weighted by atomic mass is 35.5. The summed E-state index contributed by atoms with van der Waals surface area (Å²) in [6.07, 6.45) is 0.624. The van der Waals surface area contributed by atoms with Crippen LogP contribution in [0.5, 0.6) is 0 Å². The standard InChI is InChI=1S/C17H15Cl2N3O/c1-22-15-7-6-11(18)10-14(15)21-16(22)8-9-20-17(23)12-4-2-3-5-13(12)19/h2-7,10H,8-9H2,1H3,(H,20,23). The molecule has 0 fully saturated rings. The van der Waals surface area contributed by atoms with Crippen LogP contribution >= 0.6 is 23.2 Å². The molecule has 4 nitrogen and oxygen atoms in total. The topological polar surface area (TPSA) is 46.9 Å².